The molecule has 11 heteroatoms. The monoisotopic (exact) mass is 437 g/mol. The third-order valence-corrected chi connectivity index (χ3v) is 5.88. The minimum absolute atomic E-state index is 0.00195. The number of nitrogens with zero attached hydrogens (tertiary/aromatic N) is 1. The molecule has 0 aromatic heterocycles. The van der Waals surface area contributed by atoms with Crippen LogP contribution in [-0.2, 0) is 19.8 Å². The van der Waals surface area contributed by atoms with E-state index < -0.39 is 10.2 Å². The zero-order valence-electron chi connectivity index (χ0n) is 16.6. The number of aromatic hydroxyl groups is 1. The predicted molar refractivity (Wildman–Crippen MR) is 111 cm³/mol. The van der Waals surface area contributed by atoms with Crippen molar-refractivity contribution in [3.8, 4) is 11.5 Å². The lowest BCUT2D eigenvalue weighted by atomic mass is 9.84. The van der Waals surface area contributed by atoms with Gasteiger partial charge in [-0.05, 0) is 35.4 Å². The van der Waals surface area contributed by atoms with Crippen molar-refractivity contribution in [2.45, 2.75) is 12.3 Å². The van der Waals surface area contributed by atoms with E-state index in [0.717, 1.165) is 15.4 Å². The average molecular weight is 437 g/mol. The van der Waals surface area contributed by atoms with E-state index in [1.807, 2.05) is 0 Å². The molecule has 0 saturated heterocycles. The van der Waals surface area contributed by atoms with Crippen LogP contribution in [0.4, 0.5) is 11.4 Å². The highest BCUT2D eigenvalue weighted by atomic mass is 32.2. The van der Waals surface area contributed by atoms with Gasteiger partial charge in [-0.15, -0.1) is 0 Å². The van der Waals surface area contributed by atoms with Crippen molar-refractivity contribution in [3.63, 3.8) is 0 Å². The van der Waals surface area contributed by atoms with Crippen LogP contribution in [0.1, 0.15) is 23.5 Å². The van der Waals surface area contributed by atoms with Crippen LogP contribution >= 0.6 is 0 Å². The number of anilines is 2. The first-order valence-electron chi connectivity index (χ1n) is 8.71. The summed E-state index contributed by atoms with van der Waals surface area (Å²) in [4.78, 5) is 20.5. The second kappa shape index (κ2) is 9.46. The number of carboxylic acid groups (broad SMARTS) is 1. The van der Waals surface area contributed by atoms with Crippen LogP contribution in [0.2, 0.25) is 0 Å². The Labute approximate surface area is 174 Å². The maximum absolute atomic E-state index is 12.2. The quantitative estimate of drug-likeness (QED) is 0.522. The number of amides is 1. The number of fused-ring (bicyclic) bond motifs is 1. The van der Waals surface area contributed by atoms with Gasteiger partial charge in [-0.2, -0.15) is 12.7 Å². The molecule has 3 rings (SSSR count). The van der Waals surface area contributed by atoms with Crippen molar-refractivity contribution in [2.75, 3.05) is 31.2 Å². The Morgan fingerprint density at radius 1 is 1.23 bits per heavy atom. The lowest BCUT2D eigenvalue weighted by Gasteiger charge is -2.27. The molecule has 4 N–H and O–H groups in total. The van der Waals surface area contributed by atoms with Gasteiger partial charge in [-0.1, -0.05) is 12.1 Å². The van der Waals surface area contributed by atoms with E-state index in [-0.39, 0.29) is 30.5 Å². The third-order valence-electron chi connectivity index (χ3n) is 4.43. The Kier molecular flexibility index (Phi) is 7.24. The fraction of sp³-hybridized carbons (Fsp3) is 0.263. The highest BCUT2D eigenvalue weighted by Crippen LogP contribution is 2.40. The van der Waals surface area contributed by atoms with Crippen molar-refractivity contribution in [1.29, 1.82) is 0 Å². The molecule has 162 valence electrons. The van der Waals surface area contributed by atoms with E-state index >= 15 is 0 Å². The van der Waals surface area contributed by atoms with Gasteiger partial charge in [0, 0.05) is 32.1 Å². The molecule has 10 nitrogen and oxygen atoms in total. The number of ether oxygens (including phenoxy) is 1. The number of hydrogen-bond donors (Lipinski definition) is 4. The number of phenols is 1. The number of methoxy groups -OCH3 is 1. The van der Waals surface area contributed by atoms with Gasteiger partial charge in [0.2, 0.25) is 5.91 Å². The van der Waals surface area contributed by atoms with Crippen molar-refractivity contribution in [1.82, 2.24) is 4.31 Å². The van der Waals surface area contributed by atoms with Crippen molar-refractivity contribution < 1.29 is 33.0 Å². The van der Waals surface area contributed by atoms with Crippen LogP contribution in [0.15, 0.2) is 36.4 Å². The lowest BCUT2D eigenvalue weighted by Crippen LogP contribution is -2.29. The van der Waals surface area contributed by atoms with Gasteiger partial charge >= 0.3 is 10.2 Å². The largest absolute Gasteiger partial charge is 0.504 e. The van der Waals surface area contributed by atoms with Gasteiger partial charge in [0.05, 0.1) is 12.8 Å². The zero-order valence-corrected chi connectivity index (χ0v) is 17.4. The van der Waals surface area contributed by atoms with Crippen molar-refractivity contribution in [2.24, 2.45) is 0 Å². The summed E-state index contributed by atoms with van der Waals surface area (Å²) in [6.45, 7) is -0.250. The minimum atomic E-state index is -3.65. The fourth-order valence-electron chi connectivity index (χ4n) is 2.99. The Morgan fingerprint density at radius 2 is 1.90 bits per heavy atom. The molecular formula is C19H23N3O7S. The SMILES string of the molecule is COc1ccc(C2CC(=O)Nc3cc(NS(=O)(=O)N(C)C)ccc32)cc1O.O=CO. The summed E-state index contributed by atoms with van der Waals surface area (Å²) >= 11 is 0. The summed E-state index contributed by atoms with van der Waals surface area (Å²) in [7, 11) is 0.671. The maximum Gasteiger partial charge on any atom is 0.301 e. The van der Waals surface area contributed by atoms with Crippen LogP contribution in [0.25, 0.3) is 0 Å². The summed E-state index contributed by atoms with van der Waals surface area (Å²) in [5.74, 6) is -0.0916. The van der Waals surface area contributed by atoms with Crippen LogP contribution in [0, 0.1) is 0 Å². The molecule has 0 fully saturated rings. The maximum atomic E-state index is 12.2. The first-order chi connectivity index (χ1) is 14.1. The molecule has 1 amide bonds. The molecule has 1 aliphatic heterocycles. The first kappa shape index (κ1) is 23.0. The molecular weight excluding hydrogens is 414 g/mol. The van der Waals surface area contributed by atoms with Crippen molar-refractivity contribution in [3.05, 3.63) is 47.5 Å². The second-order valence-electron chi connectivity index (χ2n) is 6.53. The number of benzene rings is 2. The van der Waals surface area contributed by atoms with Crippen LogP contribution in [-0.4, -0.2) is 56.5 Å². The molecule has 1 unspecified atom stereocenters. The summed E-state index contributed by atoms with van der Waals surface area (Å²) in [6.07, 6.45) is 0.224. The molecule has 2 aromatic carbocycles. The molecule has 1 aliphatic rings. The smallest absolute Gasteiger partial charge is 0.301 e. The van der Waals surface area contributed by atoms with E-state index in [4.69, 9.17) is 14.6 Å². The van der Waals surface area contributed by atoms with Crippen LogP contribution < -0.4 is 14.8 Å². The summed E-state index contributed by atoms with van der Waals surface area (Å²) in [6, 6.07) is 10.0. The normalized spacial score (nSPS) is 15.3. The molecule has 1 atom stereocenters. The standard InChI is InChI=1S/C18H21N3O5S.CH2O2/c1-21(2)27(24,25)20-12-5-6-13-14(10-18(23)19-15(13)9-12)11-4-7-17(26-3)16(22)8-11;2-1-3/h4-9,14,20,22H,10H2,1-3H3,(H,19,23);1H,(H,2,3). The average Bonchev–Trinajstić information content (AvgIpc) is 2.67. The van der Waals surface area contributed by atoms with Crippen molar-refractivity contribution >= 4 is 34.0 Å². The number of carbonyl (C=O) groups is 2. The van der Waals surface area contributed by atoms with Gasteiger partial charge in [-0.25, -0.2) is 0 Å². The summed E-state index contributed by atoms with van der Waals surface area (Å²) in [5, 5.41) is 19.7. The van der Waals surface area contributed by atoms with E-state index in [0.29, 0.717) is 17.1 Å². The number of rotatable bonds is 5. The van der Waals surface area contributed by atoms with E-state index in [2.05, 4.69) is 10.0 Å². The van der Waals surface area contributed by atoms with Gasteiger partial charge in [0.1, 0.15) is 0 Å². The van der Waals surface area contributed by atoms with Gasteiger partial charge < -0.3 is 20.3 Å². The Morgan fingerprint density at radius 3 is 2.47 bits per heavy atom. The Bertz CT molecular complexity index is 1040. The number of carbonyl (C=O) groups excluding carboxylic acids is 1. The highest BCUT2D eigenvalue weighted by molar-refractivity contribution is 7.90. The molecule has 0 spiro atoms. The van der Waals surface area contributed by atoms with E-state index in [9.17, 15) is 18.3 Å². The highest BCUT2D eigenvalue weighted by Gasteiger charge is 2.28. The third kappa shape index (κ3) is 5.19. The summed E-state index contributed by atoms with van der Waals surface area (Å²) in [5.41, 5.74) is 2.49. The second-order valence-corrected chi connectivity index (χ2v) is 8.42. The fourth-order valence-corrected chi connectivity index (χ4v) is 3.60. The van der Waals surface area contributed by atoms with Gasteiger partial charge in [-0.3, -0.25) is 14.3 Å². The number of hydrogen-bond acceptors (Lipinski definition) is 6. The molecule has 0 saturated carbocycles. The minimum Gasteiger partial charge on any atom is -0.504 e. The van der Waals surface area contributed by atoms with E-state index in [1.54, 1.807) is 36.4 Å². The Hall–Kier alpha value is -3.31. The summed E-state index contributed by atoms with van der Waals surface area (Å²) < 4.78 is 32.6. The topological polar surface area (TPSA) is 145 Å². The lowest BCUT2D eigenvalue weighted by molar-refractivity contribution is -0.123. The van der Waals surface area contributed by atoms with E-state index in [1.165, 1.54) is 21.2 Å². The number of phenolic OH excluding ortho intramolecular Hbond substituents is 1. The predicted octanol–water partition coefficient (Wildman–Crippen LogP) is 1.79. The molecule has 1 heterocycles. The molecule has 0 bridgehead atoms. The zero-order chi connectivity index (χ0) is 22.5. The van der Waals surface area contributed by atoms with Gasteiger partial charge in [0.15, 0.2) is 11.5 Å². The molecule has 30 heavy (non-hydrogen) atoms. The molecule has 0 radical (unpaired) electrons. The molecule has 2 aromatic rings. The van der Waals surface area contributed by atoms with Gasteiger partial charge in [0.25, 0.3) is 6.47 Å². The number of nitrogens with one attached hydrogen (secondary N) is 2. The van der Waals surface area contributed by atoms with Crippen LogP contribution in [0.3, 0.4) is 0 Å². The van der Waals surface area contributed by atoms with Crippen LogP contribution in [0.5, 0.6) is 11.5 Å². The molecule has 0 aliphatic carbocycles. The Balaban J connectivity index is 0.00000101. The first-order valence-corrected chi connectivity index (χ1v) is 10.2.